The van der Waals surface area contributed by atoms with Gasteiger partial charge in [0.2, 0.25) is 0 Å². The predicted octanol–water partition coefficient (Wildman–Crippen LogP) is 5.76. The molecule has 1 aliphatic heterocycles. The Hall–Kier alpha value is -3.06. The number of urea groups is 1. The minimum absolute atomic E-state index is 0.0836. The molecule has 35 heavy (non-hydrogen) atoms. The maximum atomic E-state index is 12.7. The van der Waals surface area contributed by atoms with Gasteiger partial charge >= 0.3 is 6.03 Å². The van der Waals surface area contributed by atoms with E-state index in [9.17, 15) is 4.79 Å². The van der Waals surface area contributed by atoms with Crippen LogP contribution in [0.15, 0.2) is 72.8 Å². The predicted molar refractivity (Wildman–Crippen MR) is 140 cm³/mol. The molecular formula is C28H32ClN3O3. The fourth-order valence-electron chi connectivity index (χ4n) is 4.18. The van der Waals surface area contributed by atoms with E-state index in [1.165, 1.54) is 5.56 Å². The number of ether oxygens (including phenoxy) is 2. The number of halogens is 1. The molecule has 1 aliphatic rings. The van der Waals surface area contributed by atoms with E-state index in [2.05, 4.69) is 41.4 Å². The molecule has 1 heterocycles. The Morgan fingerprint density at radius 2 is 1.71 bits per heavy atom. The van der Waals surface area contributed by atoms with Crippen molar-refractivity contribution in [3.05, 3.63) is 94.5 Å². The molecule has 0 aliphatic carbocycles. The van der Waals surface area contributed by atoms with Crippen LogP contribution in [0.3, 0.4) is 0 Å². The molecule has 0 unspecified atom stereocenters. The van der Waals surface area contributed by atoms with Gasteiger partial charge in [0.15, 0.2) is 0 Å². The minimum atomic E-state index is -0.0903. The van der Waals surface area contributed by atoms with Crippen LogP contribution in [-0.2, 0) is 11.3 Å². The summed E-state index contributed by atoms with van der Waals surface area (Å²) in [6.45, 7) is 6.27. The Morgan fingerprint density at radius 3 is 2.37 bits per heavy atom. The first kappa shape index (κ1) is 25.0. The zero-order chi connectivity index (χ0) is 24.6. The number of nitrogens with one attached hydrogen (secondary N) is 1. The first-order chi connectivity index (χ1) is 17.0. The summed E-state index contributed by atoms with van der Waals surface area (Å²) in [6, 6.07) is 23.5. The third-order valence-corrected chi connectivity index (χ3v) is 6.45. The van der Waals surface area contributed by atoms with Crippen LogP contribution in [0.25, 0.3) is 0 Å². The van der Waals surface area contributed by atoms with Crippen molar-refractivity contribution in [2.24, 2.45) is 0 Å². The van der Waals surface area contributed by atoms with E-state index in [-0.39, 0.29) is 12.1 Å². The summed E-state index contributed by atoms with van der Waals surface area (Å²) in [4.78, 5) is 16.9. The maximum absolute atomic E-state index is 12.7. The van der Waals surface area contributed by atoms with E-state index in [0.29, 0.717) is 24.7 Å². The zero-order valence-electron chi connectivity index (χ0n) is 20.2. The largest absolute Gasteiger partial charge is 0.497 e. The van der Waals surface area contributed by atoms with Gasteiger partial charge in [-0.1, -0.05) is 53.6 Å². The summed E-state index contributed by atoms with van der Waals surface area (Å²) in [7, 11) is 1.62. The topological polar surface area (TPSA) is 54.0 Å². The van der Waals surface area contributed by atoms with E-state index in [0.717, 1.165) is 42.2 Å². The number of anilines is 1. The number of amides is 2. The van der Waals surface area contributed by atoms with Gasteiger partial charge in [-0.2, -0.15) is 0 Å². The second-order valence-electron chi connectivity index (χ2n) is 8.79. The number of benzene rings is 3. The number of carbonyl (C=O) groups excluding carboxylic acids is 1. The summed E-state index contributed by atoms with van der Waals surface area (Å²) in [5, 5.41) is 3.68. The Labute approximate surface area is 212 Å². The molecule has 184 valence electrons. The summed E-state index contributed by atoms with van der Waals surface area (Å²) in [5.41, 5.74) is 4.23. The van der Waals surface area contributed by atoms with Gasteiger partial charge in [0.1, 0.15) is 5.75 Å². The molecule has 0 bridgehead atoms. The fraction of sp³-hybridized carbons (Fsp3) is 0.321. The zero-order valence-corrected chi connectivity index (χ0v) is 21.0. The molecule has 1 fully saturated rings. The molecule has 4 rings (SSSR count). The van der Waals surface area contributed by atoms with Crippen molar-refractivity contribution in [1.82, 2.24) is 9.80 Å². The van der Waals surface area contributed by atoms with Crippen LogP contribution in [0.2, 0.25) is 5.02 Å². The van der Waals surface area contributed by atoms with Gasteiger partial charge in [-0.25, -0.2) is 4.79 Å². The number of aryl methyl sites for hydroxylation is 1. The minimum Gasteiger partial charge on any atom is -0.497 e. The molecule has 0 radical (unpaired) electrons. The SMILES string of the molecule is COc1ccc(NC(=O)N2CCN(C[C@@H](OCc3cccc(C)c3)c3ccc(Cl)cc3)CC2)cc1. The van der Waals surface area contributed by atoms with Gasteiger partial charge in [-0.3, -0.25) is 4.90 Å². The molecule has 7 heteroatoms. The molecule has 1 saturated heterocycles. The Morgan fingerprint density at radius 1 is 1.00 bits per heavy atom. The van der Waals surface area contributed by atoms with Gasteiger partial charge in [0.05, 0.1) is 19.8 Å². The first-order valence-corrected chi connectivity index (χ1v) is 12.2. The van der Waals surface area contributed by atoms with Gasteiger partial charge in [-0.15, -0.1) is 0 Å². The van der Waals surface area contributed by atoms with Crippen LogP contribution in [0.5, 0.6) is 5.75 Å². The molecular weight excluding hydrogens is 462 g/mol. The van der Waals surface area contributed by atoms with Crippen LogP contribution in [0.4, 0.5) is 10.5 Å². The van der Waals surface area contributed by atoms with E-state index < -0.39 is 0 Å². The Balaban J connectivity index is 1.33. The summed E-state index contributed by atoms with van der Waals surface area (Å²) in [6.07, 6.45) is -0.0903. The van der Waals surface area contributed by atoms with Crippen molar-refractivity contribution < 1.29 is 14.3 Å². The molecule has 1 N–H and O–H groups in total. The molecule has 0 saturated carbocycles. The molecule has 2 amide bonds. The molecule has 0 spiro atoms. The van der Waals surface area contributed by atoms with Gasteiger partial charge < -0.3 is 19.7 Å². The number of hydrogen-bond acceptors (Lipinski definition) is 4. The van der Waals surface area contributed by atoms with E-state index in [1.54, 1.807) is 7.11 Å². The molecule has 6 nitrogen and oxygen atoms in total. The van der Waals surface area contributed by atoms with Gasteiger partial charge in [0.25, 0.3) is 0 Å². The number of piperazine rings is 1. The monoisotopic (exact) mass is 493 g/mol. The van der Waals surface area contributed by atoms with Crippen molar-refractivity contribution in [3.8, 4) is 5.75 Å². The number of rotatable bonds is 8. The number of methoxy groups -OCH3 is 1. The highest BCUT2D eigenvalue weighted by Gasteiger charge is 2.24. The molecule has 3 aromatic carbocycles. The number of nitrogens with zero attached hydrogens (tertiary/aromatic N) is 2. The van der Waals surface area contributed by atoms with Crippen molar-refractivity contribution in [3.63, 3.8) is 0 Å². The van der Waals surface area contributed by atoms with Crippen molar-refractivity contribution in [1.29, 1.82) is 0 Å². The average molecular weight is 494 g/mol. The average Bonchev–Trinajstić information content (AvgIpc) is 2.88. The fourth-order valence-corrected chi connectivity index (χ4v) is 4.30. The normalized spacial score (nSPS) is 15.0. The second kappa shape index (κ2) is 12.1. The van der Waals surface area contributed by atoms with Crippen molar-refractivity contribution in [2.45, 2.75) is 19.6 Å². The highest BCUT2D eigenvalue weighted by molar-refractivity contribution is 6.30. The van der Waals surface area contributed by atoms with Crippen molar-refractivity contribution >= 4 is 23.3 Å². The Kier molecular flexibility index (Phi) is 8.64. The smallest absolute Gasteiger partial charge is 0.321 e. The highest BCUT2D eigenvalue weighted by Crippen LogP contribution is 2.24. The van der Waals surface area contributed by atoms with E-state index in [4.69, 9.17) is 21.1 Å². The van der Waals surface area contributed by atoms with Gasteiger partial charge in [0, 0.05) is 43.4 Å². The maximum Gasteiger partial charge on any atom is 0.321 e. The van der Waals surface area contributed by atoms with Crippen LogP contribution >= 0.6 is 11.6 Å². The lowest BCUT2D eigenvalue weighted by Crippen LogP contribution is -2.50. The summed E-state index contributed by atoms with van der Waals surface area (Å²) < 4.78 is 11.6. The van der Waals surface area contributed by atoms with Crippen LogP contribution < -0.4 is 10.1 Å². The third-order valence-electron chi connectivity index (χ3n) is 6.20. The number of hydrogen-bond donors (Lipinski definition) is 1. The standard InChI is InChI=1S/C28H32ClN3O3/c1-21-4-3-5-22(18-21)20-35-27(23-6-8-24(29)9-7-23)19-31-14-16-32(17-15-31)28(33)30-25-10-12-26(34-2)13-11-25/h3-13,18,27H,14-17,19-20H2,1-2H3,(H,30,33)/t27-/m1/s1. The molecule has 1 atom stereocenters. The third kappa shape index (κ3) is 7.21. The molecule has 0 aromatic heterocycles. The van der Waals surface area contributed by atoms with E-state index >= 15 is 0 Å². The lowest BCUT2D eigenvalue weighted by atomic mass is 10.1. The van der Waals surface area contributed by atoms with Gasteiger partial charge in [-0.05, 0) is 54.4 Å². The first-order valence-electron chi connectivity index (χ1n) is 11.8. The highest BCUT2D eigenvalue weighted by atomic mass is 35.5. The Bertz CT molecular complexity index is 1100. The van der Waals surface area contributed by atoms with Crippen LogP contribution in [0.1, 0.15) is 22.8 Å². The van der Waals surface area contributed by atoms with Crippen LogP contribution in [-0.4, -0.2) is 55.7 Å². The van der Waals surface area contributed by atoms with Crippen LogP contribution in [0, 0.1) is 6.92 Å². The second-order valence-corrected chi connectivity index (χ2v) is 9.22. The lowest BCUT2D eigenvalue weighted by Gasteiger charge is -2.36. The summed E-state index contributed by atoms with van der Waals surface area (Å²) in [5.74, 6) is 0.761. The summed E-state index contributed by atoms with van der Waals surface area (Å²) >= 11 is 6.12. The quantitative estimate of drug-likeness (QED) is 0.433. The molecule has 3 aromatic rings. The number of carbonyl (C=O) groups is 1. The lowest BCUT2D eigenvalue weighted by molar-refractivity contribution is 0.00592. The van der Waals surface area contributed by atoms with E-state index in [1.807, 2.05) is 53.4 Å². The van der Waals surface area contributed by atoms with Crippen molar-refractivity contribution in [2.75, 3.05) is 45.2 Å².